The van der Waals surface area contributed by atoms with Crippen LogP contribution >= 0.6 is 0 Å². The number of hydrogen-bond acceptors (Lipinski definition) is 6. The molecule has 6 nitrogen and oxygen atoms in total. The Morgan fingerprint density at radius 2 is 2.04 bits per heavy atom. The third-order valence-electron chi connectivity index (χ3n) is 5.38. The lowest BCUT2D eigenvalue weighted by molar-refractivity contribution is 0.0576. The minimum absolute atomic E-state index is 0.298. The summed E-state index contributed by atoms with van der Waals surface area (Å²) in [6.07, 6.45) is 3.35. The standard InChI is InChI=1S/C21H30N4O2/c1-14-6-7-15(2)20(16(14)3)27-13-18(26)12-25-10-4-5-17(11-25)19-8-9-23-21(22)24-19/h6-9,17-18,26H,4-5,10-13H2,1-3H3,(H2,22,23,24). The molecule has 1 aromatic heterocycles. The zero-order valence-corrected chi connectivity index (χ0v) is 16.5. The number of nitrogens with two attached hydrogens (primary N) is 1. The summed E-state index contributed by atoms with van der Waals surface area (Å²) in [5, 5.41) is 10.5. The van der Waals surface area contributed by atoms with E-state index in [1.54, 1.807) is 6.20 Å². The van der Waals surface area contributed by atoms with Crippen molar-refractivity contribution >= 4 is 5.95 Å². The summed E-state index contributed by atoms with van der Waals surface area (Å²) < 4.78 is 5.97. The number of aryl methyl sites for hydroxylation is 2. The van der Waals surface area contributed by atoms with Crippen molar-refractivity contribution in [2.24, 2.45) is 0 Å². The van der Waals surface area contributed by atoms with Crippen LogP contribution in [0.4, 0.5) is 5.95 Å². The number of benzene rings is 1. The van der Waals surface area contributed by atoms with Gasteiger partial charge in [-0.1, -0.05) is 12.1 Å². The number of aliphatic hydroxyl groups is 1. The highest BCUT2D eigenvalue weighted by atomic mass is 16.5. The maximum absolute atomic E-state index is 10.5. The molecule has 2 atom stereocenters. The maximum atomic E-state index is 10.5. The van der Waals surface area contributed by atoms with Gasteiger partial charge < -0.3 is 15.6 Å². The molecule has 0 saturated carbocycles. The second-order valence-corrected chi connectivity index (χ2v) is 7.56. The van der Waals surface area contributed by atoms with Crippen LogP contribution in [0.25, 0.3) is 0 Å². The molecule has 3 N–H and O–H groups in total. The molecule has 6 heteroatoms. The van der Waals surface area contributed by atoms with Gasteiger partial charge in [0.05, 0.1) is 5.69 Å². The number of hydrogen-bond donors (Lipinski definition) is 2. The van der Waals surface area contributed by atoms with E-state index in [1.165, 1.54) is 5.56 Å². The summed E-state index contributed by atoms with van der Waals surface area (Å²) in [4.78, 5) is 10.6. The Kier molecular flexibility index (Phi) is 6.29. The normalized spacial score (nSPS) is 19.0. The van der Waals surface area contributed by atoms with Crippen molar-refractivity contribution in [1.82, 2.24) is 14.9 Å². The van der Waals surface area contributed by atoms with E-state index in [0.29, 0.717) is 25.0 Å². The Bertz CT molecular complexity index is 781. The molecule has 2 heterocycles. The van der Waals surface area contributed by atoms with E-state index in [4.69, 9.17) is 10.5 Å². The molecule has 27 heavy (non-hydrogen) atoms. The van der Waals surface area contributed by atoms with Crippen LogP contribution in [0.1, 0.15) is 41.1 Å². The van der Waals surface area contributed by atoms with Gasteiger partial charge in [0.25, 0.3) is 0 Å². The minimum Gasteiger partial charge on any atom is -0.490 e. The number of piperidine rings is 1. The van der Waals surface area contributed by atoms with Crippen LogP contribution in [0.5, 0.6) is 5.75 Å². The highest BCUT2D eigenvalue weighted by molar-refractivity contribution is 5.44. The number of aromatic nitrogens is 2. The summed E-state index contributed by atoms with van der Waals surface area (Å²) in [6.45, 7) is 8.93. The van der Waals surface area contributed by atoms with Gasteiger partial charge in [0, 0.05) is 25.2 Å². The summed E-state index contributed by atoms with van der Waals surface area (Å²) in [7, 11) is 0. The van der Waals surface area contributed by atoms with Crippen molar-refractivity contribution in [3.8, 4) is 5.75 Å². The van der Waals surface area contributed by atoms with Crippen molar-refractivity contribution in [3.05, 3.63) is 46.8 Å². The molecule has 0 radical (unpaired) electrons. The Morgan fingerprint density at radius 3 is 2.81 bits per heavy atom. The Morgan fingerprint density at radius 1 is 1.26 bits per heavy atom. The van der Waals surface area contributed by atoms with E-state index in [2.05, 4.69) is 40.8 Å². The number of aliphatic hydroxyl groups excluding tert-OH is 1. The minimum atomic E-state index is -0.529. The van der Waals surface area contributed by atoms with Gasteiger partial charge in [-0.3, -0.25) is 4.90 Å². The summed E-state index contributed by atoms with van der Waals surface area (Å²) in [5.41, 5.74) is 10.2. The molecule has 0 spiro atoms. The van der Waals surface area contributed by atoms with Gasteiger partial charge in [-0.05, 0) is 62.9 Å². The van der Waals surface area contributed by atoms with E-state index in [9.17, 15) is 5.11 Å². The molecule has 0 amide bonds. The first kappa shape index (κ1) is 19.6. The molecule has 146 valence electrons. The Balaban J connectivity index is 1.55. The lowest BCUT2D eigenvalue weighted by Crippen LogP contribution is -2.41. The van der Waals surface area contributed by atoms with Gasteiger partial charge in [0.2, 0.25) is 5.95 Å². The predicted molar refractivity (Wildman–Crippen MR) is 107 cm³/mol. The largest absolute Gasteiger partial charge is 0.490 e. The molecule has 1 aromatic carbocycles. The van der Waals surface area contributed by atoms with Crippen molar-refractivity contribution in [3.63, 3.8) is 0 Å². The number of anilines is 1. The van der Waals surface area contributed by atoms with Crippen LogP contribution in [-0.2, 0) is 0 Å². The van der Waals surface area contributed by atoms with Gasteiger partial charge in [0.1, 0.15) is 18.5 Å². The number of ether oxygens (including phenoxy) is 1. The average molecular weight is 370 g/mol. The smallest absolute Gasteiger partial charge is 0.220 e. The fourth-order valence-electron chi connectivity index (χ4n) is 3.76. The molecule has 2 aromatic rings. The number of rotatable bonds is 6. The second-order valence-electron chi connectivity index (χ2n) is 7.56. The first-order valence-electron chi connectivity index (χ1n) is 9.62. The third-order valence-corrected chi connectivity index (χ3v) is 5.38. The highest BCUT2D eigenvalue weighted by Crippen LogP contribution is 2.27. The van der Waals surface area contributed by atoms with Crippen LogP contribution in [0, 0.1) is 20.8 Å². The molecule has 1 saturated heterocycles. The topological polar surface area (TPSA) is 84.5 Å². The van der Waals surface area contributed by atoms with Crippen molar-refractivity contribution in [2.75, 3.05) is 32.0 Å². The molecule has 2 unspecified atom stereocenters. The Labute approximate surface area is 161 Å². The molecule has 1 fully saturated rings. The molecule has 3 rings (SSSR count). The summed E-state index contributed by atoms with van der Waals surface area (Å²) >= 11 is 0. The van der Waals surface area contributed by atoms with E-state index in [0.717, 1.165) is 48.5 Å². The van der Waals surface area contributed by atoms with Crippen molar-refractivity contribution < 1.29 is 9.84 Å². The van der Waals surface area contributed by atoms with Gasteiger partial charge in [-0.15, -0.1) is 0 Å². The number of β-amino-alcohol motifs (C(OH)–C–C–N with tert-alkyl or cyclic N) is 1. The fourth-order valence-corrected chi connectivity index (χ4v) is 3.76. The zero-order valence-electron chi connectivity index (χ0n) is 16.5. The third kappa shape index (κ3) is 4.96. The van der Waals surface area contributed by atoms with Crippen LogP contribution in [0.3, 0.4) is 0 Å². The van der Waals surface area contributed by atoms with Crippen LogP contribution in [0.2, 0.25) is 0 Å². The molecule has 1 aliphatic heterocycles. The molecular weight excluding hydrogens is 340 g/mol. The van der Waals surface area contributed by atoms with Crippen molar-refractivity contribution in [1.29, 1.82) is 0 Å². The van der Waals surface area contributed by atoms with E-state index in [-0.39, 0.29) is 0 Å². The van der Waals surface area contributed by atoms with E-state index in [1.807, 2.05) is 13.0 Å². The lowest BCUT2D eigenvalue weighted by atomic mass is 9.94. The fraction of sp³-hybridized carbons (Fsp3) is 0.524. The van der Waals surface area contributed by atoms with Crippen LogP contribution in [-0.4, -0.2) is 52.3 Å². The monoisotopic (exact) mass is 370 g/mol. The van der Waals surface area contributed by atoms with Gasteiger partial charge >= 0.3 is 0 Å². The predicted octanol–water partition coefficient (Wildman–Crippen LogP) is 2.60. The first-order chi connectivity index (χ1) is 12.9. The lowest BCUT2D eigenvalue weighted by Gasteiger charge is -2.33. The first-order valence-corrected chi connectivity index (χ1v) is 9.62. The quantitative estimate of drug-likeness (QED) is 0.813. The second kappa shape index (κ2) is 8.67. The highest BCUT2D eigenvalue weighted by Gasteiger charge is 2.24. The Hall–Kier alpha value is -2.18. The molecule has 0 aliphatic carbocycles. The number of nitrogens with zero attached hydrogens (tertiary/aromatic N) is 3. The summed E-state index contributed by atoms with van der Waals surface area (Å²) in [6, 6.07) is 6.10. The average Bonchev–Trinajstić information content (AvgIpc) is 2.65. The molecular formula is C21H30N4O2. The number of likely N-dealkylation sites (tertiary alicyclic amines) is 1. The van der Waals surface area contributed by atoms with Crippen LogP contribution in [0.15, 0.2) is 24.4 Å². The van der Waals surface area contributed by atoms with Gasteiger partial charge in [-0.25, -0.2) is 9.97 Å². The molecule has 0 bridgehead atoms. The van der Waals surface area contributed by atoms with Crippen LogP contribution < -0.4 is 10.5 Å². The van der Waals surface area contributed by atoms with Gasteiger partial charge in [-0.2, -0.15) is 0 Å². The number of nitrogen functional groups attached to an aromatic ring is 1. The maximum Gasteiger partial charge on any atom is 0.220 e. The summed E-state index contributed by atoms with van der Waals surface area (Å²) in [5.74, 6) is 1.54. The van der Waals surface area contributed by atoms with E-state index < -0.39 is 6.10 Å². The van der Waals surface area contributed by atoms with Gasteiger partial charge in [0.15, 0.2) is 0 Å². The molecule has 1 aliphatic rings. The SMILES string of the molecule is Cc1ccc(C)c(OCC(O)CN2CCCC(c3ccnc(N)n3)C2)c1C. The van der Waals surface area contributed by atoms with Crippen molar-refractivity contribution in [2.45, 2.75) is 45.6 Å². The zero-order chi connectivity index (χ0) is 19.4. The van der Waals surface area contributed by atoms with E-state index >= 15 is 0 Å².